The molecule has 2 aliphatic rings. The van der Waals surface area contributed by atoms with E-state index < -0.39 is 11.9 Å². The zero-order chi connectivity index (χ0) is 26.7. The number of hydrogen-bond donors (Lipinski definition) is 1. The number of carbonyl (C=O) groups is 2. The van der Waals surface area contributed by atoms with Crippen LogP contribution in [0.3, 0.4) is 0 Å². The largest absolute Gasteiger partial charge is 0.494 e. The highest BCUT2D eigenvalue weighted by atomic mass is 16.5. The minimum atomic E-state index is -0.580. The van der Waals surface area contributed by atoms with Crippen molar-refractivity contribution in [3.8, 4) is 17.2 Å². The van der Waals surface area contributed by atoms with E-state index in [1.807, 2.05) is 70.2 Å². The van der Waals surface area contributed by atoms with Gasteiger partial charge in [0.2, 0.25) is 0 Å². The highest BCUT2D eigenvalue weighted by Crippen LogP contribution is 2.48. The molecule has 4 rings (SSSR count). The van der Waals surface area contributed by atoms with E-state index in [9.17, 15) is 9.59 Å². The lowest BCUT2D eigenvalue weighted by atomic mass is 9.71. The third-order valence-electron chi connectivity index (χ3n) is 6.80. The lowest BCUT2D eigenvalue weighted by Gasteiger charge is -2.37. The van der Waals surface area contributed by atoms with Gasteiger partial charge in [-0.25, -0.2) is 4.79 Å². The van der Waals surface area contributed by atoms with Crippen molar-refractivity contribution in [2.45, 2.75) is 58.5 Å². The first-order valence-corrected chi connectivity index (χ1v) is 12.7. The van der Waals surface area contributed by atoms with Crippen LogP contribution in [0.2, 0.25) is 0 Å². The van der Waals surface area contributed by atoms with Gasteiger partial charge in [0.1, 0.15) is 5.75 Å². The van der Waals surface area contributed by atoms with Gasteiger partial charge in [-0.3, -0.25) is 4.79 Å². The summed E-state index contributed by atoms with van der Waals surface area (Å²) in [6.07, 6.45) is 0.644. The van der Waals surface area contributed by atoms with Gasteiger partial charge in [0.25, 0.3) is 0 Å². The topological polar surface area (TPSA) is 83.1 Å². The van der Waals surface area contributed by atoms with Gasteiger partial charge in [-0.2, -0.15) is 0 Å². The summed E-state index contributed by atoms with van der Waals surface area (Å²) in [6.45, 7) is 7.88. The number of para-hydroxylation sites is 1. The van der Waals surface area contributed by atoms with Gasteiger partial charge in [-0.15, -0.1) is 0 Å². The van der Waals surface area contributed by atoms with Gasteiger partial charge in [-0.1, -0.05) is 24.3 Å². The van der Waals surface area contributed by atoms with Crippen molar-refractivity contribution in [1.29, 1.82) is 0 Å². The van der Waals surface area contributed by atoms with E-state index in [-0.39, 0.29) is 17.8 Å². The monoisotopic (exact) mass is 505 g/mol. The maximum Gasteiger partial charge on any atom is 0.337 e. The summed E-state index contributed by atoms with van der Waals surface area (Å²) in [5.41, 5.74) is 4.33. The number of methoxy groups -OCH3 is 2. The van der Waals surface area contributed by atoms with Gasteiger partial charge >= 0.3 is 5.97 Å². The van der Waals surface area contributed by atoms with Gasteiger partial charge in [0, 0.05) is 29.0 Å². The summed E-state index contributed by atoms with van der Waals surface area (Å²) in [5.74, 6) is 0.861. The van der Waals surface area contributed by atoms with Gasteiger partial charge in [0.05, 0.1) is 38.4 Å². The van der Waals surface area contributed by atoms with Gasteiger partial charge in [0.15, 0.2) is 17.3 Å². The lowest BCUT2D eigenvalue weighted by Crippen LogP contribution is -2.36. The molecule has 1 N–H and O–H groups in total. The zero-order valence-corrected chi connectivity index (χ0v) is 22.3. The second kappa shape index (κ2) is 11.1. The molecular weight excluding hydrogens is 470 g/mol. The number of nitrogens with one attached hydrogen (secondary N) is 1. The quantitative estimate of drug-likeness (QED) is 0.480. The van der Waals surface area contributed by atoms with Crippen LogP contribution in [0.25, 0.3) is 0 Å². The number of dihydropyridines is 1. The van der Waals surface area contributed by atoms with E-state index in [1.165, 1.54) is 0 Å². The van der Waals surface area contributed by atoms with Crippen LogP contribution in [-0.4, -0.2) is 38.7 Å². The molecule has 2 unspecified atom stereocenters. The number of rotatable bonds is 8. The molecule has 0 saturated carbocycles. The van der Waals surface area contributed by atoms with Crippen LogP contribution in [-0.2, 0) is 14.3 Å². The minimum absolute atomic E-state index is 0.00724. The second-order valence-corrected chi connectivity index (χ2v) is 9.56. The molecule has 0 spiro atoms. The van der Waals surface area contributed by atoms with Crippen LogP contribution in [0.1, 0.15) is 63.5 Å². The number of esters is 1. The highest BCUT2D eigenvalue weighted by Gasteiger charge is 2.42. The van der Waals surface area contributed by atoms with E-state index in [2.05, 4.69) is 5.32 Å². The number of ether oxygens (including phenoxy) is 4. The Morgan fingerprint density at radius 3 is 2.43 bits per heavy atom. The van der Waals surface area contributed by atoms with Crippen LogP contribution >= 0.6 is 0 Å². The normalized spacial score (nSPS) is 19.4. The van der Waals surface area contributed by atoms with Crippen molar-refractivity contribution in [3.63, 3.8) is 0 Å². The zero-order valence-electron chi connectivity index (χ0n) is 22.3. The average molecular weight is 506 g/mol. The second-order valence-electron chi connectivity index (χ2n) is 9.56. The van der Waals surface area contributed by atoms with Gasteiger partial charge < -0.3 is 24.3 Å². The molecule has 196 valence electrons. The number of allylic oxidation sites excluding steroid dienone is 3. The number of hydrogen-bond acceptors (Lipinski definition) is 7. The molecular formula is C30H35NO6. The molecule has 0 saturated heterocycles. The van der Waals surface area contributed by atoms with E-state index in [4.69, 9.17) is 18.9 Å². The van der Waals surface area contributed by atoms with Gasteiger partial charge in [-0.05, 0) is 63.8 Å². The Morgan fingerprint density at radius 1 is 1.03 bits per heavy atom. The number of benzene rings is 2. The Balaban J connectivity index is 1.81. The van der Waals surface area contributed by atoms with Crippen LogP contribution in [0, 0.1) is 0 Å². The summed E-state index contributed by atoms with van der Waals surface area (Å²) in [6, 6.07) is 13.4. The van der Waals surface area contributed by atoms with Crippen LogP contribution in [0.4, 0.5) is 0 Å². The first kappa shape index (κ1) is 26.3. The molecule has 2 atom stereocenters. The third kappa shape index (κ3) is 5.22. The van der Waals surface area contributed by atoms with Crippen molar-refractivity contribution in [2.75, 3.05) is 20.8 Å². The molecule has 0 aromatic heterocycles. The van der Waals surface area contributed by atoms with Crippen LogP contribution in [0.5, 0.6) is 17.2 Å². The summed E-state index contributed by atoms with van der Waals surface area (Å²) in [4.78, 5) is 27.2. The van der Waals surface area contributed by atoms with Crippen molar-refractivity contribution < 1.29 is 28.5 Å². The Kier molecular flexibility index (Phi) is 7.91. The van der Waals surface area contributed by atoms with E-state index in [1.54, 1.807) is 14.2 Å². The SMILES string of the molecule is CCOc1ccccc1C1C(C(=O)OC(C)C)=C(C)NC2=C1C(=O)CC(c1ccc(OC)c(OC)c1)C2. The summed E-state index contributed by atoms with van der Waals surface area (Å²) in [5, 5.41) is 3.40. The predicted octanol–water partition coefficient (Wildman–Crippen LogP) is 5.42. The fourth-order valence-corrected chi connectivity index (χ4v) is 5.25. The smallest absolute Gasteiger partial charge is 0.337 e. The maximum atomic E-state index is 13.9. The lowest BCUT2D eigenvalue weighted by molar-refractivity contribution is -0.143. The molecule has 1 heterocycles. The van der Waals surface area contributed by atoms with E-state index in [0.29, 0.717) is 53.5 Å². The predicted molar refractivity (Wildman–Crippen MR) is 141 cm³/mol. The van der Waals surface area contributed by atoms with Crippen LogP contribution in [0.15, 0.2) is 65.0 Å². The molecule has 37 heavy (non-hydrogen) atoms. The fraction of sp³-hybridized carbons (Fsp3) is 0.400. The minimum Gasteiger partial charge on any atom is -0.494 e. The first-order valence-electron chi connectivity index (χ1n) is 12.7. The molecule has 7 heteroatoms. The number of carbonyl (C=O) groups excluding carboxylic acids is 2. The Bertz CT molecular complexity index is 1260. The Morgan fingerprint density at radius 2 is 1.76 bits per heavy atom. The highest BCUT2D eigenvalue weighted by molar-refractivity contribution is 6.04. The maximum absolute atomic E-state index is 13.9. The molecule has 7 nitrogen and oxygen atoms in total. The van der Waals surface area contributed by atoms with Crippen molar-refractivity contribution in [3.05, 3.63) is 76.1 Å². The molecule has 1 aliphatic heterocycles. The van der Waals surface area contributed by atoms with Crippen molar-refractivity contribution in [2.24, 2.45) is 0 Å². The average Bonchev–Trinajstić information content (AvgIpc) is 2.87. The standard InChI is InChI=1S/C30H35NO6/c1-7-36-24-11-9-8-10-21(24)28-27(30(33)37-17(2)3)18(4)31-22-14-20(15-23(32)29(22)28)19-12-13-25(34-5)26(16-19)35-6/h8-13,16-17,20,28,31H,7,14-15H2,1-6H3. The van der Waals surface area contributed by atoms with Crippen LogP contribution < -0.4 is 19.5 Å². The summed E-state index contributed by atoms with van der Waals surface area (Å²) in [7, 11) is 3.20. The molecule has 0 fully saturated rings. The molecule has 0 bridgehead atoms. The van der Waals surface area contributed by atoms with E-state index >= 15 is 0 Å². The Hall–Kier alpha value is -3.74. The Labute approximate surface area is 218 Å². The summed E-state index contributed by atoms with van der Waals surface area (Å²) >= 11 is 0. The van der Waals surface area contributed by atoms with Crippen molar-refractivity contribution in [1.82, 2.24) is 5.32 Å². The molecule has 2 aromatic carbocycles. The molecule has 0 amide bonds. The number of Topliss-reactive ketones (excluding diaryl/α,β-unsaturated/α-hetero) is 1. The number of ketones is 1. The van der Waals surface area contributed by atoms with Crippen molar-refractivity contribution >= 4 is 11.8 Å². The molecule has 1 aliphatic carbocycles. The summed E-state index contributed by atoms with van der Waals surface area (Å²) < 4.78 is 22.4. The first-order chi connectivity index (χ1) is 17.8. The molecule has 2 aromatic rings. The fourth-order valence-electron chi connectivity index (χ4n) is 5.25. The molecule has 0 radical (unpaired) electrons. The third-order valence-corrected chi connectivity index (χ3v) is 6.80. The van der Waals surface area contributed by atoms with E-state index in [0.717, 1.165) is 16.8 Å².